The van der Waals surface area contributed by atoms with Crippen molar-refractivity contribution in [3.8, 4) is 0 Å². The monoisotopic (exact) mass is 266 g/mol. The normalized spacial score (nSPS) is 11.4. The summed E-state index contributed by atoms with van der Waals surface area (Å²) in [4.78, 5) is 14.0. The van der Waals surface area contributed by atoms with E-state index in [1.165, 1.54) is 12.1 Å². The van der Waals surface area contributed by atoms with E-state index in [1.54, 1.807) is 17.0 Å². The third-order valence-electron chi connectivity index (χ3n) is 2.69. The summed E-state index contributed by atoms with van der Waals surface area (Å²) in [6, 6.07) is 6.13. The van der Waals surface area contributed by atoms with Gasteiger partial charge in [0.15, 0.2) is 0 Å². The average Bonchev–Trinajstić information content (AvgIpc) is 2.27. The van der Waals surface area contributed by atoms with Crippen LogP contribution in [-0.4, -0.2) is 19.0 Å². The van der Waals surface area contributed by atoms with E-state index in [-0.39, 0.29) is 17.1 Å². The van der Waals surface area contributed by atoms with Gasteiger partial charge in [-0.25, -0.2) is 4.39 Å². The molecule has 0 aliphatic heterocycles. The van der Waals surface area contributed by atoms with Crippen LogP contribution < -0.4 is 10.6 Å². The van der Waals surface area contributed by atoms with Gasteiger partial charge in [0.1, 0.15) is 5.82 Å². The molecule has 0 heterocycles. The van der Waals surface area contributed by atoms with Crippen LogP contribution in [0.25, 0.3) is 0 Å². The largest absolute Gasteiger partial charge is 0.330 e. The zero-order chi connectivity index (χ0) is 14.5. The number of rotatable bonds is 5. The van der Waals surface area contributed by atoms with Gasteiger partial charge >= 0.3 is 0 Å². The molecule has 1 aromatic carbocycles. The molecule has 106 valence electrons. The first-order valence-corrected chi connectivity index (χ1v) is 6.59. The highest BCUT2D eigenvalue weighted by atomic mass is 19.1. The smallest absolute Gasteiger partial charge is 0.227 e. The van der Waals surface area contributed by atoms with Gasteiger partial charge in [-0.3, -0.25) is 4.79 Å². The molecule has 0 unspecified atom stereocenters. The molecule has 0 bridgehead atoms. The van der Waals surface area contributed by atoms with Crippen LogP contribution in [0.15, 0.2) is 24.3 Å². The first-order valence-electron chi connectivity index (χ1n) is 6.59. The Hall–Kier alpha value is -1.42. The van der Waals surface area contributed by atoms with Crippen LogP contribution >= 0.6 is 0 Å². The van der Waals surface area contributed by atoms with Gasteiger partial charge in [-0.1, -0.05) is 26.8 Å². The molecule has 2 N–H and O–H groups in total. The first-order chi connectivity index (χ1) is 8.83. The Kier molecular flexibility index (Phi) is 5.48. The zero-order valence-electron chi connectivity index (χ0n) is 11.9. The third kappa shape index (κ3) is 5.39. The lowest BCUT2D eigenvalue weighted by molar-refractivity contribution is -0.120. The highest BCUT2D eigenvalue weighted by Crippen LogP contribution is 2.23. The Morgan fingerprint density at radius 3 is 2.58 bits per heavy atom. The van der Waals surface area contributed by atoms with Gasteiger partial charge in [-0.2, -0.15) is 0 Å². The summed E-state index contributed by atoms with van der Waals surface area (Å²) < 4.78 is 13.3. The summed E-state index contributed by atoms with van der Waals surface area (Å²) in [5.74, 6) is -0.328. The number of nitrogens with zero attached hydrogens (tertiary/aromatic N) is 1. The molecule has 0 aromatic heterocycles. The zero-order valence-corrected chi connectivity index (χ0v) is 11.9. The van der Waals surface area contributed by atoms with E-state index in [0.29, 0.717) is 31.6 Å². The minimum absolute atomic E-state index is 0.00606. The molecule has 0 spiro atoms. The number of halogens is 1. The fraction of sp³-hybridized carbons (Fsp3) is 0.533. The Morgan fingerprint density at radius 1 is 1.37 bits per heavy atom. The van der Waals surface area contributed by atoms with Crippen LogP contribution in [0, 0.1) is 11.2 Å². The summed E-state index contributed by atoms with van der Waals surface area (Å²) >= 11 is 0. The summed E-state index contributed by atoms with van der Waals surface area (Å²) in [5.41, 5.74) is 6.01. The van der Waals surface area contributed by atoms with E-state index >= 15 is 0 Å². The predicted octanol–water partition coefficient (Wildman–Crippen LogP) is 2.94. The average molecular weight is 266 g/mol. The molecule has 0 radical (unpaired) electrons. The Balaban J connectivity index is 2.91. The van der Waals surface area contributed by atoms with Gasteiger partial charge < -0.3 is 10.6 Å². The molecule has 19 heavy (non-hydrogen) atoms. The van der Waals surface area contributed by atoms with Crippen LogP contribution in [0.2, 0.25) is 0 Å². The fourth-order valence-corrected chi connectivity index (χ4v) is 1.84. The van der Waals surface area contributed by atoms with Crippen LogP contribution in [0.5, 0.6) is 0 Å². The maximum Gasteiger partial charge on any atom is 0.227 e. The molecule has 4 heteroatoms. The second-order valence-electron chi connectivity index (χ2n) is 5.90. The van der Waals surface area contributed by atoms with Crippen molar-refractivity contribution >= 4 is 11.6 Å². The molecular formula is C15H23FN2O. The molecule has 0 saturated carbocycles. The van der Waals surface area contributed by atoms with Crippen molar-refractivity contribution in [1.29, 1.82) is 0 Å². The minimum Gasteiger partial charge on any atom is -0.330 e. The molecule has 0 aliphatic carbocycles. The number of carbonyl (C=O) groups is 1. The molecule has 1 aromatic rings. The van der Waals surface area contributed by atoms with Crippen LogP contribution in [-0.2, 0) is 4.79 Å². The van der Waals surface area contributed by atoms with Gasteiger partial charge in [-0.05, 0) is 36.6 Å². The van der Waals surface area contributed by atoms with E-state index in [0.717, 1.165) is 0 Å². The number of hydrogen-bond donors (Lipinski definition) is 1. The maximum absolute atomic E-state index is 13.3. The van der Waals surface area contributed by atoms with Crippen molar-refractivity contribution in [2.24, 2.45) is 11.1 Å². The van der Waals surface area contributed by atoms with Crippen molar-refractivity contribution in [3.63, 3.8) is 0 Å². The number of anilines is 1. The molecule has 1 rings (SSSR count). The molecule has 0 aliphatic rings. The van der Waals surface area contributed by atoms with Crippen molar-refractivity contribution in [2.75, 3.05) is 18.0 Å². The van der Waals surface area contributed by atoms with Crippen molar-refractivity contribution in [1.82, 2.24) is 0 Å². The summed E-state index contributed by atoms with van der Waals surface area (Å²) in [7, 11) is 0. The SMILES string of the molecule is CC(C)(C)CC(=O)N(CCCN)c1cccc(F)c1. The molecule has 0 saturated heterocycles. The third-order valence-corrected chi connectivity index (χ3v) is 2.69. The van der Waals surface area contributed by atoms with Gasteiger partial charge in [0.05, 0.1) is 0 Å². The highest BCUT2D eigenvalue weighted by Gasteiger charge is 2.22. The predicted molar refractivity (Wildman–Crippen MR) is 76.5 cm³/mol. The number of benzene rings is 1. The van der Waals surface area contributed by atoms with Gasteiger partial charge in [0.2, 0.25) is 5.91 Å². The van der Waals surface area contributed by atoms with Gasteiger partial charge in [0.25, 0.3) is 0 Å². The lowest BCUT2D eigenvalue weighted by atomic mass is 9.91. The molecule has 0 atom stereocenters. The maximum atomic E-state index is 13.3. The second-order valence-corrected chi connectivity index (χ2v) is 5.90. The minimum atomic E-state index is -0.334. The van der Waals surface area contributed by atoms with E-state index in [9.17, 15) is 9.18 Å². The Labute approximate surface area is 114 Å². The summed E-state index contributed by atoms with van der Waals surface area (Å²) in [5, 5.41) is 0. The summed E-state index contributed by atoms with van der Waals surface area (Å²) in [6.07, 6.45) is 1.13. The fourth-order valence-electron chi connectivity index (χ4n) is 1.84. The number of amides is 1. The quantitative estimate of drug-likeness (QED) is 0.890. The molecule has 0 fully saturated rings. The van der Waals surface area contributed by atoms with E-state index in [1.807, 2.05) is 20.8 Å². The van der Waals surface area contributed by atoms with E-state index in [2.05, 4.69) is 0 Å². The van der Waals surface area contributed by atoms with Crippen LogP contribution in [0.1, 0.15) is 33.6 Å². The van der Waals surface area contributed by atoms with Crippen molar-refractivity contribution in [2.45, 2.75) is 33.6 Å². The standard InChI is InChI=1S/C15H23FN2O/c1-15(2,3)11-14(19)18(9-5-8-17)13-7-4-6-12(16)10-13/h4,6-7,10H,5,8-9,11,17H2,1-3H3. The Morgan fingerprint density at radius 2 is 2.05 bits per heavy atom. The van der Waals surface area contributed by atoms with Crippen LogP contribution in [0.4, 0.5) is 10.1 Å². The number of carbonyl (C=O) groups excluding carboxylic acids is 1. The van der Waals surface area contributed by atoms with Gasteiger partial charge in [0, 0.05) is 18.7 Å². The highest BCUT2D eigenvalue weighted by molar-refractivity contribution is 5.93. The van der Waals surface area contributed by atoms with E-state index < -0.39 is 0 Å². The van der Waals surface area contributed by atoms with E-state index in [4.69, 9.17) is 5.73 Å². The summed E-state index contributed by atoms with van der Waals surface area (Å²) in [6.45, 7) is 7.07. The molecule has 1 amide bonds. The van der Waals surface area contributed by atoms with Crippen molar-refractivity contribution in [3.05, 3.63) is 30.1 Å². The Bertz CT molecular complexity index is 426. The number of nitrogens with two attached hydrogens (primary N) is 1. The number of hydrogen-bond acceptors (Lipinski definition) is 2. The lowest BCUT2D eigenvalue weighted by Crippen LogP contribution is -2.35. The van der Waals surface area contributed by atoms with Crippen molar-refractivity contribution < 1.29 is 9.18 Å². The molecule has 3 nitrogen and oxygen atoms in total. The second kappa shape index (κ2) is 6.66. The lowest BCUT2D eigenvalue weighted by Gasteiger charge is -2.26. The van der Waals surface area contributed by atoms with Crippen LogP contribution in [0.3, 0.4) is 0 Å². The van der Waals surface area contributed by atoms with Gasteiger partial charge in [-0.15, -0.1) is 0 Å². The topological polar surface area (TPSA) is 46.3 Å². The molecular weight excluding hydrogens is 243 g/mol. The first kappa shape index (κ1) is 15.6.